The molecule has 7 heteroatoms. The van der Waals surface area contributed by atoms with Crippen LogP contribution in [-0.4, -0.2) is 29.3 Å². The van der Waals surface area contributed by atoms with Gasteiger partial charge in [0.25, 0.3) is 0 Å². The average molecular weight is 306 g/mol. The van der Waals surface area contributed by atoms with Crippen molar-refractivity contribution >= 4 is 22.9 Å². The highest BCUT2D eigenvalue weighted by molar-refractivity contribution is 7.80. The lowest BCUT2D eigenvalue weighted by molar-refractivity contribution is -0.137. The van der Waals surface area contributed by atoms with Gasteiger partial charge >= 0.3 is 6.18 Å². The number of alkyl halides is 3. The van der Waals surface area contributed by atoms with E-state index in [0.29, 0.717) is 5.69 Å². The summed E-state index contributed by atoms with van der Waals surface area (Å²) in [5.41, 5.74) is 4.19. The van der Waals surface area contributed by atoms with Gasteiger partial charge in [-0.3, -0.25) is 0 Å². The Morgan fingerprint density at radius 1 is 1.35 bits per heavy atom. The molecule has 0 bridgehead atoms. The van der Waals surface area contributed by atoms with Gasteiger partial charge in [-0.1, -0.05) is 12.2 Å². The first kappa shape index (κ1) is 16.7. The van der Waals surface area contributed by atoms with E-state index in [1.54, 1.807) is 25.8 Å². The van der Waals surface area contributed by atoms with Gasteiger partial charge in [-0.05, 0) is 32.0 Å². The highest BCUT2D eigenvalue weighted by atomic mass is 32.1. The lowest BCUT2D eigenvalue weighted by Crippen LogP contribution is -2.44. The van der Waals surface area contributed by atoms with Crippen molar-refractivity contribution in [3.63, 3.8) is 0 Å². The smallest absolute Gasteiger partial charge is 0.394 e. The summed E-state index contributed by atoms with van der Waals surface area (Å²) < 4.78 is 38.6. The molecular weight excluding hydrogens is 289 g/mol. The molecule has 0 amide bonds. The molecule has 1 rings (SSSR count). The zero-order valence-electron chi connectivity index (χ0n) is 11.5. The molecule has 0 saturated heterocycles. The molecule has 0 aliphatic heterocycles. The van der Waals surface area contributed by atoms with Crippen LogP contribution in [0, 0.1) is 0 Å². The molecule has 20 heavy (non-hydrogen) atoms. The zero-order chi connectivity index (χ0) is 15.7. The molecule has 0 aromatic heterocycles. The topological polar surface area (TPSA) is 49.5 Å². The van der Waals surface area contributed by atoms with Crippen molar-refractivity contribution in [2.24, 2.45) is 5.73 Å². The lowest BCUT2D eigenvalue weighted by atomic mass is 10.0. The molecular formula is C13H17F3N2OS. The molecule has 3 N–H and O–H groups in total. The first-order valence-electron chi connectivity index (χ1n) is 5.86. The fraction of sp³-hybridized carbons (Fsp3) is 0.462. The summed E-state index contributed by atoms with van der Waals surface area (Å²) >= 11 is 4.70. The van der Waals surface area contributed by atoms with Crippen molar-refractivity contribution in [2.75, 3.05) is 18.6 Å². The predicted octanol–water partition coefficient (Wildman–Crippen LogP) is 2.55. The minimum absolute atomic E-state index is 0.146. The monoisotopic (exact) mass is 306 g/mol. The number of hydrogen-bond acceptors (Lipinski definition) is 3. The minimum atomic E-state index is -4.51. The summed E-state index contributed by atoms with van der Waals surface area (Å²) in [7, 11) is 1.68. The summed E-state index contributed by atoms with van der Waals surface area (Å²) in [6.45, 7) is 3.39. The maximum Gasteiger partial charge on any atom is 0.417 e. The summed E-state index contributed by atoms with van der Waals surface area (Å²) in [5.74, 6) is 0. The highest BCUT2D eigenvalue weighted by Crippen LogP contribution is 2.34. The average Bonchev–Trinajstić information content (AvgIpc) is 2.35. The van der Waals surface area contributed by atoms with E-state index in [9.17, 15) is 18.3 Å². The maximum atomic E-state index is 12.9. The number of halogens is 3. The quantitative estimate of drug-likeness (QED) is 0.839. The molecule has 0 saturated carbocycles. The van der Waals surface area contributed by atoms with Crippen LogP contribution in [0.3, 0.4) is 0 Å². The van der Waals surface area contributed by atoms with E-state index in [1.165, 1.54) is 12.1 Å². The van der Waals surface area contributed by atoms with Crippen molar-refractivity contribution in [3.8, 4) is 0 Å². The molecule has 3 nitrogen and oxygen atoms in total. The van der Waals surface area contributed by atoms with Crippen molar-refractivity contribution in [1.29, 1.82) is 0 Å². The van der Waals surface area contributed by atoms with Gasteiger partial charge < -0.3 is 15.7 Å². The Bertz CT molecular complexity index is 515. The van der Waals surface area contributed by atoms with Crippen LogP contribution >= 0.6 is 12.2 Å². The van der Waals surface area contributed by atoms with E-state index in [0.717, 1.165) is 6.07 Å². The van der Waals surface area contributed by atoms with Crippen LogP contribution in [0.25, 0.3) is 0 Å². The maximum absolute atomic E-state index is 12.9. The Hall–Kier alpha value is -1.34. The number of benzene rings is 1. The van der Waals surface area contributed by atoms with Crippen LogP contribution in [-0.2, 0) is 6.18 Å². The predicted molar refractivity (Wildman–Crippen MR) is 76.9 cm³/mol. The first-order valence-corrected chi connectivity index (χ1v) is 6.27. The number of nitrogens with zero attached hydrogens (tertiary/aromatic N) is 1. The molecule has 1 aromatic carbocycles. The van der Waals surface area contributed by atoms with Gasteiger partial charge in [0, 0.05) is 18.3 Å². The lowest BCUT2D eigenvalue weighted by Gasteiger charge is -2.36. The minimum Gasteiger partial charge on any atom is -0.394 e. The van der Waals surface area contributed by atoms with Crippen molar-refractivity contribution in [2.45, 2.75) is 25.6 Å². The van der Waals surface area contributed by atoms with Crippen LogP contribution in [0.15, 0.2) is 18.2 Å². The standard InChI is InChI=1S/C13H17F3N2OS/c1-12(2,7-19)18(3)8-4-5-10(13(14,15)16)9(6-8)11(17)20/h4-6,19H,7H2,1-3H3,(H2,17,20). The van der Waals surface area contributed by atoms with Crippen molar-refractivity contribution in [3.05, 3.63) is 29.3 Å². The number of hydrogen-bond donors (Lipinski definition) is 2. The van der Waals surface area contributed by atoms with Gasteiger partial charge in [-0.15, -0.1) is 0 Å². The summed E-state index contributed by atoms with van der Waals surface area (Å²) in [4.78, 5) is 1.36. The fourth-order valence-corrected chi connectivity index (χ4v) is 1.82. The summed E-state index contributed by atoms with van der Waals surface area (Å²) in [5, 5.41) is 9.32. The number of nitrogens with two attached hydrogens (primary N) is 1. The number of thiocarbonyl (C=S) groups is 1. The molecule has 0 unspecified atom stereocenters. The van der Waals surface area contributed by atoms with E-state index in [2.05, 4.69) is 0 Å². The number of aliphatic hydroxyl groups excluding tert-OH is 1. The fourth-order valence-electron chi connectivity index (χ4n) is 1.65. The second-order valence-corrected chi connectivity index (χ2v) is 5.56. The van der Waals surface area contributed by atoms with Gasteiger partial charge in [0.1, 0.15) is 4.99 Å². The summed E-state index contributed by atoms with van der Waals surface area (Å²) in [6, 6.07) is 3.58. The van der Waals surface area contributed by atoms with E-state index < -0.39 is 17.3 Å². The second kappa shape index (κ2) is 5.57. The molecule has 1 aromatic rings. The Labute approximate surface area is 121 Å². The van der Waals surface area contributed by atoms with Crippen LogP contribution < -0.4 is 10.6 Å². The van der Waals surface area contributed by atoms with Crippen LogP contribution in [0.5, 0.6) is 0 Å². The van der Waals surface area contributed by atoms with E-state index in [4.69, 9.17) is 18.0 Å². The number of likely N-dealkylation sites (N-methyl/N-ethyl adjacent to an activating group) is 1. The zero-order valence-corrected chi connectivity index (χ0v) is 12.3. The van der Waals surface area contributed by atoms with Crippen LogP contribution in [0.2, 0.25) is 0 Å². The Morgan fingerprint density at radius 2 is 1.90 bits per heavy atom. The van der Waals surface area contributed by atoms with Crippen molar-refractivity contribution < 1.29 is 18.3 Å². The molecule has 0 aliphatic rings. The Kier molecular flexibility index (Phi) is 4.66. The third-order valence-electron chi connectivity index (χ3n) is 3.26. The van der Waals surface area contributed by atoms with Crippen LogP contribution in [0.1, 0.15) is 25.0 Å². The largest absolute Gasteiger partial charge is 0.417 e. The SMILES string of the molecule is CN(c1ccc(C(F)(F)F)c(C(N)=S)c1)C(C)(C)CO. The Balaban J connectivity index is 3.35. The van der Waals surface area contributed by atoms with Gasteiger partial charge in [-0.25, -0.2) is 0 Å². The van der Waals surface area contributed by atoms with Gasteiger partial charge in [0.05, 0.1) is 17.7 Å². The van der Waals surface area contributed by atoms with Crippen LogP contribution in [0.4, 0.5) is 18.9 Å². The Morgan fingerprint density at radius 3 is 2.30 bits per heavy atom. The highest BCUT2D eigenvalue weighted by Gasteiger charge is 2.34. The normalized spacial score (nSPS) is 12.3. The van der Waals surface area contributed by atoms with Crippen molar-refractivity contribution in [1.82, 2.24) is 0 Å². The summed E-state index contributed by atoms with van der Waals surface area (Å²) in [6.07, 6.45) is -4.51. The number of rotatable bonds is 4. The molecule has 0 spiro atoms. The van der Waals surface area contributed by atoms with Gasteiger partial charge in [0.15, 0.2) is 0 Å². The van der Waals surface area contributed by atoms with Gasteiger partial charge in [-0.2, -0.15) is 13.2 Å². The molecule has 0 atom stereocenters. The van der Waals surface area contributed by atoms with E-state index in [1.807, 2.05) is 0 Å². The molecule has 112 valence electrons. The third kappa shape index (κ3) is 3.40. The third-order valence-corrected chi connectivity index (χ3v) is 3.48. The van der Waals surface area contributed by atoms with E-state index in [-0.39, 0.29) is 17.2 Å². The van der Waals surface area contributed by atoms with Gasteiger partial charge in [0.2, 0.25) is 0 Å². The number of anilines is 1. The molecule has 0 radical (unpaired) electrons. The second-order valence-electron chi connectivity index (χ2n) is 5.12. The first-order chi connectivity index (χ1) is 9.00. The molecule has 0 aliphatic carbocycles. The van der Waals surface area contributed by atoms with E-state index >= 15 is 0 Å². The number of aliphatic hydroxyl groups is 1. The molecule has 0 heterocycles. The molecule has 0 fully saturated rings.